The van der Waals surface area contributed by atoms with Gasteiger partial charge in [-0.05, 0) is 19.0 Å². The number of hydrogen-bond donors (Lipinski definition) is 1. The van der Waals surface area contributed by atoms with Gasteiger partial charge < -0.3 is 10.1 Å². The van der Waals surface area contributed by atoms with Gasteiger partial charge in [0, 0.05) is 11.6 Å². The molecule has 0 saturated carbocycles. The van der Waals surface area contributed by atoms with Gasteiger partial charge in [0.15, 0.2) is 11.6 Å². The van der Waals surface area contributed by atoms with Crippen LogP contribution in [0, 0.1) is 5.82 Å². The number of hydrogen-bond acceptors (Lipinski definition) is 2. The van der Waals surface area contributed by atoms with Crippen molar-refractivity contribution in [2.45, 2.75) is 45.6 Å². The Bertz CT molecular complexity index is 354. The molecule has 0 aliphatic heterocycles. The highest BCUT2D eigenvalue weighted by atomic mass is 19.1. The lowest BCUT2D eigenvalue weighted by atomic mass is 9.99. The molecule has 1 unspecified atom stereocenters. The summed E-state index contributed by atoms with van der Waals surface area (Å²) in [7, 11) is 1.50. The normalized spacial score (nSPS) is 12.4. The third-order valence-electron chi connectivity index (χ3n) is 3.14. The molecule has 0 bridgehead atoms. The maximum atomic E-state index is 14.2. The van der Waals surface area contributed by atoms with Crippen LogP contribution in [-0.2, 0) is 0 Å². The number of unbranched alkanes of at least 4 members (excludes halogenated alkanes) is 2. The summed E-state index contributed by atoms with van der Waals surface area (Å²) in [5.74, 6) is 0.0911. The first-order valence-corrected chi connectivity index (χ1v) is 6.80. The van der Waals surface area contributed by atoms with Crippen LogP contribution >= 0.6 is 0 Å². The highest BCUT2D eigenvalue weighted by molar-refractivity contribution is 5.33. The fraction of sp³-hybridized carbons (Fsp3) is 0.600. The first kappa shape index (κ1) is 15.0. The number of halogens is 1. The van der Waals surface area contributed by atoms with E-state index in [1.54, 1.807) is 6.07 Å². The number of nitrogens with one attached hydrogen (secondary N) is 1. The van der Waals surface area contributed by atoms with Gasteiger partial charge in [0.05, 0.1) is 7.11 Å². The maximum absolute atomic E-state index is 14.2. The summed E-state index contributed by atoms with van der Waals surface area (Å²) in [5.41, 5.74) is 0.715. The Balaban J connectivity index is 2.83. The Kier molecular flexibility index (Phi) is 6.73. The van der Waals surface area contributed by atoms with Crippen LogP contribution in [0.1, 0.15) is 51.1 Å². The van der Waals surface area contributed by atoms with Crippen molar-refractivity contribution in [3.05, 3.63) is 29.6 Å². The molecule has 1 N–H and O–H groups in total. The summed E-state index contributed by atoms with van der Waals surface area (Å²) in [6.07, 6.45) is 4.45. The second-order valence-electron chi connectivity index (χ2n) is 4.47. The van der Waals surface area contributed by atoms with Crippen molar-refractivity contribution in [2.75, 3.05) is 13.7 Å². The molecule has 1 aromatic carbocycles. The van der Waals surface area contributed by atoms with Crippen molar-refractivity contribution in [1.29, 1.82) is 0 Å². The van der Waals surface area contributed by atoms with Crippen LogP contribution in [0.15, 0.2) is 18.2 Å². The van der Waals surface area contributed by atoms with Crippen molar-refractivity contribution in [3.63, 3.8) is 0 Å². The van der Waals surface area contributed by atoms with E-state index in [9.17, 15) is 4.39 Å². The lowest BCUT2D eigenvalue weighted by molar-refractivity contribution is 0.377. The molecule has 0 aliphatic rings. The second-order valence-corrected chi connectivity index (χ2v) is 4.47. The van der Waals surface area contributed by atoms with Crippen LogP contribution < -0.4 is 10.1 Å². The van der Waals surface area contributed by atoms with E-state index < -0.39 is 0 Å². The van der Waals surface area contributed by atoms with E-state index in [1.165, 1.54) is 20.0 Å². The van der Waals surface area contributed by atoms with Crippen LogP contribution in [0.3, 0.4) is 0 Å². The van der Waals surface area contributed by atoms with Crippen LogP contribution in [0.5, 0.6) is 5.75 Å². The Morgan fingerprint density at radius 1 is 1.28 bits per heavy atom. The highest BCUT2D eigenvalue weighted by Gasteiger charge is 2.17. The van der Waals surface area contributed by atoms with Gasteiger partial charge in [-0.15, -0.1) is 0 Å². The Hall–Kier alpha value is -1.09. The maximum Gasteiger partial charge on any atom is 0.169 e. The topological polar surface area (TPSA) is 21.3 Å². The van der Waals surface area contributed by atoms with E-state index in [1.807, 2.05) is 19.1 Å². The monoisotopic (exact) mass is 253 g/mol. The van der Waals surface area contributed by atoms with Gasteiger partial charge in [0.1, 0.15) is 0 Å². The zero-order valence-electron chi connectivity index (χ0n) is 11.6. The minimum Gasteiger partial charge on any atom is -0.494 e. The molecule has 1 rings (SSSR count). The number of rotatable bonds is 8. The van der Waals surface area contributed by atoms with Crippen LogP contribution in [0.2, 0.25) is 0 Å². The molecule has 0 heterocycles. The molecular formula is C15H24FNO. The summed E-state index contributed by atoms with van der Waals surface area (Å²) in [4.78, 5) is 0. The fourth-order valence-corrected chi connectivity index (χ4v) is 2.17. The van der Waals surface area contributed by atoms with Gasteiger partial charge in [0.25, 0.3) is 0 Å². The second kappa shape index (κ2) is 8.09. The molecule has 0 spiro atoms. The quantitative estimate of drug-likeness (QED) is 0.705. The summed E-state index contributed by atoms with van der Waals surface area (Å²) in [5, 5.41) is 3.35. The highest BCUT2D eigenvalue weighted by Crippen LogP contribution is 2.28. The van der Waals surface area contributed by atoms with Gasteiger partial charge in [-0.1, -0.05) is 45.2 Å². The fourth-order valence-electron chi connectivity index (χ4n) is 2.17. The van der Waals surface area contributed by atoms with Crippen LogP contribution in [0.4, 0.5) is 4.39 Å². The summed E-state index contributed by atoms with van der Waals surface area (Å²) in [6.45, 7) is 5.06. The minimum absolute atomic E-state index is 0.0802. The third kappa shape index (κ3) is 3.98. The Morgan fingerprint density at radius 2 is 2.06 bits per heavy atom. The lowest BCUT2D eigenvalue weighted by Crippen LogP contribution is -2.22. The van der Waals surface area contributed by atoms with Crippen LogP contribution in [0.25, 0.3) is 0 Å². The Labute approximate surface area is 110 Å². The van der Waals surface area contributed by atoms with E-state index in [2.05, 4.69) is 12.2 Å². The molecule has 1 atom stereocenters. The molecule has 0 fully saturated rings. The predicted molar refractivity (Wildman–Crippen MR) is 73.5 cm³/mol. The van der Waals surface area contributed by atoms with E-state index in [-0.39, 0.29) is 11.9 Å². The molecule has 2 nitrogen and oxygen atoms in total. The molecule has 0 amide bonds. The van der Waals surface area contributed by atoms with Gasteiger partial charge in [-0.25, -0.2) is 4.39 Å². The van der Waals surface area contributed by atoms with Crippen LogP contribution in [-0.4, -0.2) is 13.7 Å². The summed E-state index contributed by atoms with van der Waals surface area (Å²) >= 11 is 0. The van der Waals surface area contributed by atoms with E-state index >= 15 is 0 Å². The average molecular weight is 253 g/mol. The molecule has 0 aromatic heterocycles. The average Bonchev–Trinajstić information content (AvgIpc) is 2.38. The smallest absolute Gasteiger partial charge is 0.169 e. The number of methoxy groups -OCH3 is 1. The molecule has 102 valence electrons. The lowest BCUT2D eigenvalue weighted by Gasteiger charge is -2.19. The molecule has 0 aliphatic carbocycles. The first-order chi connectivity index (χ1) is 8.74. The van der Waals surface area contributed by atoms with Crippen molar-refractivity contribution in [1.82, 2.24) is 5.32 Å². The van der Waals surface area contributed by atoms with Gasteiger partial charge in [-0.3, -0.25) is 0 Å². The summed E-state index contributed by atoms with van der Waals surface area (Å²) in [6, 6.07) is 5.43. The Morgan fingerprint density at radius 3 is 2.67 bits per heavy atom. The third-order valence-corrected chi connectivity index (χ3v) is 3.14. The molecule has 0 radical (unpaired) electrons. The standard InChI is InChI=1S/C15H24FNO/c1-4-6-7-10-13(17-5-2)12-9-8-11-14(18-3)15(12)16/h8-9,11,13,17H,4-7,10H2,1-3H3. The zero-order chi connectivity index (χ0) is 13.4. The number of ether oxygens (including phenoxy) is 1. The molecule has 1 aromatic rings. The largest absolute Gasteiger partial charge is 0.494 e. The number of benzene rings is 1. The van der Waals surface area contributed by atoms with Crippen molar-refractivity contribution in [2.24, 2.45) is 0 Å². The summed E-state index contributed by atoms with van der Waals surface area (Å²) < 4.78 is 19.2. The zero-order valence-corrected chi connectivity index (χ0v) is 11.6. The van der Waals surface area contributed by atoms with Crippen molar-refractivity contribution in [3.8, 4) is 5.75 Å². The molecular weight excluding hydrogens is 229 g/mol. The van der Waals surface area contributed by atoms with Crippen molar-refractivity contribution < 1.29 is 9.13 Å². The SMILES string of the molecule is CCCCCC(NCC)c1cccc(OC)c1F. The van der Waals surface area contributed by atoms with E-state index in [0.29, 0.717) is 11.3 Å². The molecule has 18 heavy (non-hydrogen) atoms. The minimum atomic E-state index is -0.234. The van der Waals surface area contributed by atoms with E-state index in [0.717, 1.165) is 19.4 Å². The van der Waals surface area contributed by atoms with E-state index in [4.69, 9.17) is 4.74 Å². The van der Waals surface area contributed by atoms with Gasteiger partial charge in [-0.2, -0.15) is 0 Å². The molecule has 0 saturated heterocycles. The van der Waals surface area contributed by atoms with Gasteiger partial charge in [0.2, 0.25) is 0 Å². The van der Waals surface area contributed by atoms with Crippen molar-refractivity contribution >= 4 is 0 Å². The first-order valence-electron chi connectivity index (χ1n) is 6.80. The van der Waals surface area contributed by atoms with Gasteiger partial charge >= 0.3 is 0 Å². The molecule has 3 heteroatoms. The predicted octanol–water partition coefficient (Wildman–Crippen LogP) is 4.07.